The standard InChI is InChI=1S/C4H12N2O2/c5-4(6,3-8)1-2-7/h7-8H,1-3,5-6H2. The van der Waals surface area contributed by atoms with Gasteiger partial charge in [-0.05, 0) is 0 Å². The van der Waals surface area contributed by atoms with E-state index in [1.54, 1.807) is 0 Å². The number of aliphatic hydroxyl groups is 2. The van der Waals surface area contributed by atoms with E-state index in [1.165, 1.54) is 0 Å². The molecule has 0 rings (SSSR count). The summed E-state index contributed by atoms with van der Waals surface area (Å²) in [5.74, 6) is 0. The van der Waals surface area contributed by atoms with Crippen molar-refractivity contribution in [3.8, 4) is 0 Å². The molecule has 0 spiro atoms. The minimum atomic E-state index is -1.10. The highest BCUT2D eigenvalue weighted by Gasteiger charge is 2.15. The van der Waals surface area contributed by atoms with Gasteiger partial charge in [0, 0.05) is 13.0 Å². The van der Waals surface area contributed by atoms with E-state index in [4.69, 9.17) is 21.7 Å². The van der Waals surface area contributed by atoms with Crippen LogP contribution >= 0.6 is 0 Å². The normalized spacial score (nSPS) is 12.0. The monoisotopic (exact) mass is 120 g/mol. The van der Waals surface area contributed by atoms with Gasteiger partial charge in [0.2, 0.25) is 0 Å². The lowest BCUT2D eigenvalue weighted by Gasteiger charge is -2.19. The third-order valence-corrected chi connectivity index (χ3v) is 0.872. The molecule has 6 N–H and O–H groups in total. The molecule has 0 aromatic rings. The molecule has 8 heavy (non-hydrogen) atoms. The van der Waals surface area contributed by atoms with Gasteiger partial charge in [0.1, 0.15) is 0 Å². The molecule has 0 unspecified atom stereocenters. The molecule has 0 aliphatic carbocycles. The van der Waals surface area contributed by atoms with Gasteiger partial charge in [-0.25, -0.2) is 0 Å². The maximum absolute atomic E-state index is 8.36. The summed E-state index contributed by atoms with van der Waals surface area (Å²) < 4.78 is 0. The molecule has 0 aliphatic rings. The molecule has 0 radical (unpaired) electrons. The Balaban J connectivity index is 3.37. The fourth-order valence-electron chi connectivity index (χ4n) is 0.287. The summed E-state index contributed by atoms with van der Waals surface area (Å²) in [6.07, 6.45) is 0.226. The summed E-state index contributed by atoms with van der Waals surface area (Å²) in [5, 5.41) is 16.6. The van der Waals surface area contributed by atoms with E-state index in [0.29, 0.717) is 0 Å². The largest absolute Gasteiger partial charge is 0.396 e. The fourth-order valence-corrected chi connectivity index (χ4v) is 0.287. The van der Waals surface area contributed by atoms with Crippen LogP contribution in [-0.2, 0) is 0 Å². The summed E-state index contributed by atoms with van der Waals surface area (Å²) in [6.45, 7) is -0.388. The summed E-state index contributed by atoms with van der Waals surface area (Å²) in [5.41, 5.74) is 9.29. The van der Waals surface area contributed by atoms with Gasteiger partial charge in [-0.1, -0.05) is 0 Å². The molecular formula is C4H12N2O2. The summed E-state index contributed by atoms with van der Waals surface area (Å²) in [4.78, 5) is 0. The second kappa shape index (κ2) is 2.99. The molecule has 0 atom stereocenters. The van der Waals surface area contributed by atoms with Crippen molar-refractivity contribution < 1.29 is 10.2 Å². The van der Waals surface area contributed by atoms with E-state index >= 15 is 0 Å². The van der Waals surface area contributed by atoms with Crippen LogP contribution < -0.4 is 11.5 Å². The molecule has 50 valence electrons. The predicted molar refractivity (Wildman–Crippen MR) is 29.9 cm³/mol. The molecule has 0 aliphatic heterocycles. The number of aliphatic hydroxyl groups excluding tert-OH is 2. The van der Waals surface area contributed by atoms with Crippen molar-refractivity contribution in [2.45, 2.75) is 12.1 Å². The Kier molecular flexibility index (Phi) is 2.93. The number of hydrogen-bond acceptors (Lipinski definition) is 4. The summed E-state index contributed by atoms with van der Waals surface area (Å²) >= 11 is 0. The lowest BCUT2D eigenvalue weighted by atomic mass is 10.1. The molecule has 4 heteroatoms. The van der Waals surface area contributed by atoms with Gasteiger partial charge in [0.05, 0.1) is 12.3 Å². The lowest BCUT2D eigenvalue weighted by Crippen LogP contribution is -2.53. The molecule has 0 aromatic heterocycles. The number of hydrogen-bond donors (Lipinski definition) is 4. The van der Waals surface area contributed by atoms with Crippen LogP contribution in [0.25, 0.3) is 0 Å². The maximum atomic E-state index is 8.36. The van der Waals surface area contributed by atoms with Crippen LogP contribution in [0, 0.1) is 0 Å². The van der Waals surface area contributed by atoms with Crippen molar-refractivity contribution in [3.05, 3.63) is 0 Å². The average Bonchev–Trinajstić information content (AvgIpc) is 1.67. The predicted octanol–water partition coefficient (Wildman–Crippen LogP) is -2.03. The molecule has 4 nitrogen and oxygen atoms in total. The van der Waals surface area contributed by atoms with E-state index in [-0.39, 0.29) is 19.6 Å². The van der Waals surface area contributed by atoms with Crippen molar-refractivity contribution in [3.63, 3.8) is 0 Å². The molecule has 0 aromatic carbocycles. The van der Waals surface area contributed by atoms with E-state index in [0.717, 1.165) is 0 Å². The molecule has 0 bridgehead atoms. The highest BCUT2D eigenvalue weighted by molar-refractivity contribution is 4.73. The minimum Gasteiger partial charge on any atom is -0.396 e. The van der Waals surface area contributed by atoms with Crippen LogP contribution in [0.15, 0.2) is 0 Å². The van der Waals surface area contributed by atoms with Gasteiger partial charge in [-0.15, -0.1) is 0 Å². The Morgan fingerprint density at radius 3 is 1.88 bits per heavy atom. The second-order valence-corrected chi connectivity index (χ2v) is 1.86. The van der Waals surface area contributed by atoms with E-state index in [1.807, 2.05) is 0 Å². The highest BCUT2D eigenvalue weighted by Crippen LogP contribution is 1.92. The third kappa shape index (κ3) is 2.92. The van der Waals surface area contributed by atoms with Gasteiger partial charge < -0.3 is 21.7 Å². The highest BCUT2D eigenvalue weighted by atomic mass is 16.3. The van der Waals surface area contributed by atoms with Crippen molar-refractivity contribution in [1.29, 1.82) is 0 Å². The van der Waals surface area contributed by atoms with Gasteiger partial charge >= 0.3 is 0 Å². The van der Waals surface area contributed by atoms with Crippen LogP contribution in [0.4, 0.5) is 0 Å². The van der Waals surface area contributed by atoms with E-state index < -0.39 is 5.66 Å². The first kappa shape index (κ1) is 7.84. The van der Waals surface area contributed by atoms with Gasteiger partial charge in [0.15, 0.2) is 0 Å². The Bertz CT molecular complexity index is 65.1. The topological polar surface area (TPSA) is 92.5 Å². The number of rotatable bonds is 3. The smallest absolute Gasteiger partial charge is 0.0896 e. The molecule has 0 fully saturated rings. The van der Waals surface area contributed by atoms with Crippen LogP contribution in [-0.4, -0.2) is 29.1 Å². The summed E-state index contributed by atoms with van der Waals surface area (Å²) in [6, 6.07) is 0. The van der Waals surface area contributed by atoms with Crippen LogP contribution in [0.1, 0.15) is 6.42 Å². The van der Waals surface area contributed by atoms with E-state index in [9.17, 15) is 0 Å². The van der Waals surface area contributed by atoms with E-state index in [2.05, 4.69) is 0 Å². The minimum absolute atomic E-state index is 0.0897. The SMILES string of the molecule is NC(N)(CO)CCO. The van der Waals surface area contributed by atoms with Crippen molar-refractivity contribution in [2.24, 2.45) is 11.5 Å². The average molecular weight is 120 g/mol. The Labute approximate surface area is 48.1 Å². The van der Waals surface area contributed by atoms with Crippen molar-refractivity contribution in [1.82, 2.24) is 0 Å². The molecule has 0 saturated carbocycles. The quantitative estimate of drug-likeness (QED) is 0.323. The van der Waals surface area contributed by atoms with Gasteiger partial charge in [0.25, 0.3) is 0 Å². The molecule has 0 heterocycles. The Hall–Kier alpha value is -0.160. The Morgan fingerprint density at radius 2 is 1.75 bits per heavy atom. The zero-order chi connectivity index (χ0) is 6.62. The number of nitrogens with two attached hydrogens (primary N) is 2. The fraction of sp³-hybridized carbons (Fsp3) is 1.00. The molecule has 0 saturated heterocycles. The summed E-state index contributed by atoms with van der Waals surface area (Å²) in [7, 11) is 0. The first-order chi connectivity index (χ1) is 3.62. The van der Waals surface area contributed by atoms with Crippen molar-refractivity contribution in [2.75, 3.05) is 13.2 Å². The van der Waals surface area contributed by atoms with Gasteiger partial charge in [-0.2, -0.15) is 0 Å². The second-order valence-electron chi connectivity index (χ2n) is 1.86. The molecule has 0 amide bonds. The Morgan fingerprint density at radius 1 is 1.25 bits per heavy atom. The maximum Gasteiger partial charge on any atom is 0.0896 e. The van der Waals surface area contributed by atoms with Crippen molar-refractivity contribution >= 4 is 0 Å². The first-order valence-corrected chi connectivity index (χ1v) is 2.42. The van der Waals surface area contributed by atoms with Crippen LogP contribution in [0.2, 0.25) is 0 Å². The third-order valence-electron chi connectivity index (χ3n) is 0.872. The lowest BCUT2D eigenvalue weighted by molar-refractivity contribution is 0.160. The van der Waals surface area contributed by atoms with Crippen LogP contribution in [0.3, 0.4) is 0 Å². The molecular weight excluding hydrogens is 108 g/mol. The first-order valence-electron chi connectivity index (χ1n) is 2.42. The zero-order valence-electron chi connectivity index (χ0n) is 4.67. The zero-order valence-corrected chi connectivity index (χ0v) is 4.67. The van der Waals surface area contributed by atoms with Gasteiger partial charge in [-0.3, -0.25) is 0 Å². The van der Waals surface area contributed by atoms with Crippen LogP contribution in [0.5, 0.6) is 0 Å².